The van der Waals surface area contributed by atoms with Gasteiger partial charge in [-0.1, -0.05) is 22.0 Å². The molecule has 2 unspecified atom stereocenters. The normalized spacial score (nSPS) is 25.4. The Morgan fingerprint density at radius 2 is 2.32 bits per heavy atom. The first-order chi connectivity index (χ1) is 9.02. The molecule has 5 heteroatoms. The van der Waals surface area contributed by atoms with Gasteiger partial charge in [0.05, 0.1) is 19.3 Å². The van der Waals surface area contributed by atoms with Crippen molar-refractivity contribution in [2.75, 3.05) is 24.7 Å². The molecule has 0 saturated carbocycles. The van der Waals surface area contributed by atoms with Crippen molar-refractivity contribution >= 4 is 21.6 Å². The zero-order chi connectivity index (χ0) is 14.0. The molecule has 1 aromatic rings. The van der Waals surface area contributed by atoms with E-state index in [0.717, 1.165) is 15.7 Å². The maximum Gasteiger partial charge on any atom is 0.0981 e. The number of rotatable bonds is 3. The largest absolute Gasteiger partial charge is 0.394 e. The molecular weight excluding hydrogens is 308 g/mol. The highest BCUT2D eigenvalue weighted by Gasteiger charge is 2.26. The minimum absolute atomic E-state index is 0.00993. The third kappa shape index (κ3) is 3.28. The van der Waals surface area contributed by atoms with E-state index in [1.807, 2.05) is 6.92 Å². The van der Waals surface area contributed by atoms with Gasteiger partial charge in [0.1, 0.15) is 0 Å². The summed E-state index contributed by atoms with van der Waals surface area (Å²) in [5.74, 6) is 0. The SMILES string of the molecule is CC1COC(CO)CN1c1ccc([C@@H](C)N)c(Br)c1. The molecule has 1 fully saturated rings. The lowest BCUT2D eigenvalue weighted by Gasteiger charge is -2.39. The number of ether oxygens (including phenoxy) is 1. The van der Waals surface area contributed by atoms with Gasteiger partial charge in [0, 0.05) is 28.8 Å². The summed E-state index contributed by atoms with van der Waals surface area (Å²) >= 11 is 3.58. The fourth-order valence-electron chi connectivity index (χ4n) is 2.35. The summed E-state index contributed by atoms with van der Waals surface area (Å²) in [6.45, 7) is 5.50. The van der Waals surface area contributed by atoms with Crippen LogP contribution in [0.25, 0.3) is 0 Å². The molecule has 2 rings (SSSR count). The number of aliphatic hydroxyl groups is 1. The lowest BCUT2D eigenvalue weighted by molar-refractivity contribution is -0.0103. The molecule has 1 aliphatic rings. The van der Waals surface area contributed by atoms with Crippen LogP contribution >= 0.6 is 15.9 Å². The molecule has 1 heterocycles. The van der Waals surface area contributed by atoms with Gasteiger partial charge in [-0.3, -0.25) is 0 Å². The highest BCUT2D eigenvalue weighted by atomic mass is 79.9. The van der Waals surface area contributed by atoms with Gasteiger partial charge >= 0.3 is 0 Å². The molecule has 1 saturated heterocycles. The molecule has 0 amide bonds. The van der Waals surface area contributed by atoms with Crippen LogP contribution in [0.1, 0.15) is 25.5 Å². The average molecular weight is 329 g/mol. The molecule has 1 aliphatic heterocycles. The topological polar surface area (TPSA) is 58.7 Å². The van der Waals surface area contributed by atoms with Crippen LogP contribution in [0.3, 0.4) is 0 Å². The maximum absolute atomic E-state index is 9.24. The lowest BCUT2D eigenvalue weighted by atomic mass is 10.1. The Hall–Kier alpha value is -0.620. The molecule has 1 aromatic carbocycles. The summed E-state index contributed by atoms with van der Waals surface area (Å²) in [5, 5.41) is 9.24. The summed E-state index contributed by atoms with van der Waals surface area (Å²) in [6.07, 6.45) is -0.108. The monoisotopic (exact) mass is 328 g/mol. The van der Waals surface area contributed by atoms with Gasteiger partial charge in [-0.15, -0.1) is 0 Å². The van der Waals surface area contributed by atoms with Crippen LogP contribution < -0.4 is 10.6 Å². The quantitative estimate of drug-likeness (QED) is 0.891. The second-order valence-electron chi connectivity index (χ2n) is 5.13. The Morgan fingerprint density at radius 1 is 1.58 bits per heavy atom. The van der Waals surface area contributed by atoms with Crippen LogP contribution in [0.4, 0.5) is 5.69 Å². The first kappa shape index (κ1) is 14.8. The number of nitrogens with two attached hydrogens (primary N) is 1. The van der Waals surface area contributed by atoms with Crippen molar-refractivity contribution in [3.63, 3.8) is 0 Å². The molecule has 0 spiro atoms. The number of hydrogen-bond acceptors (Lipinski definition) is 4. The lowest BCUT2D eigenvalue weighted by Crippen LogP contribution is -2.49. The number of hydrogen-bond donors (Lipinski definition) is 2. The zero-order valence-electron chi connectivity index (χ0n) is 11.3. The van der Waals surface area contributed by atoms with E-state index in [-0.39, 0.29) is 18.8 Å². The van der Waals surface area contributed by atoms with Crippen molar-refractivity contribution in [1.29, 1.82) is 0 Å². The van der Waals surface area contributed by atoms with Crippen LogP contribution in [0, 0.1) is 0 Å². The molecule has 0 aliphatic carbocycles. The van der Waals surface area contributed by atoms with Gasteiger partial charge in [0.15, 0.2) is 0 Å². The predicted molar refractivity (Wildman–Crippen MR) is 80.4 cm³/mol. The van der Waals surface area contributed by atoms with E-state index in [2.05, 4.69) is 46.0 Å². The van der Waals surface area contributed by atoms with Crippen LogP contribution in [-0.4, -0.2) is 37.0 Å². The maximum atomic E-state index is 9.24. The predicted octanol–water partition coefficient (Wildman–Crippen LogP) is 2.05. The number of halogens is 1. The van der Waals surface area contributed by atoms with E-state index in [1.165, 1.54) is 0 Å². The van der Waals surface area contributed by atoms with Crippen molar-refractivity contribution in [1.82, 2.24) is 0 Å². The summed E-state index contributed by atoms with van der Waals surface area (Å²) in [4.78, 5) is 2.26. The number of nitrogens with zero attached hydrogens (tertiary/aromatic N) is 1. The Kier molecular flexibility index (Phi) is 4.84. The van der Waals surface area contributed by atoms with Gasteiger partial charge in [-0.05, 0) is 31.5 Å². The fraction of sp³-hybridized carbons (Fsp3) is 0.571. The average Bonchev–Trinajstić information content (AvgIpc) is 2.38. The fourth-order valence-corrected chi connectivity index (χ4v) is 3.08. The number of benzene rings is 1. The summed E-state index contributed by atoms with van der Waals surface area (Å²) in [6, 6.07) is 6.54. The second-order valence-corrected chi connectivity index (χ2v) is 5.99. The molecule has 0 aromatic heterocycles. The van der Waals surface area contributed by atoms with Gasteiger partial charge in [-0.2, -0.15) is 0 Å². The number of anilines is 1. The van der Waals surface area contributed by atoms with E-state index in [4.69, 9.17) is 10.5 Å². The van der Waals surface area contributed by atoms with Gasteiger partial charge < -0.3 is 20.5 Å². The van der Waals surface area contributed by atoms with Gasteiger partial charge in [-0.25, -0.2) is 0 Å². The van der Waals surface area contributed by atoms with E-state index >= 15 is 0 Å². The minimum atomic E-state index is -0.108. The molecule has 4 nitrogen and oxygen atoms in total. The Labute approximate surface area is 122 Å². The molecule has 19 heavy (non-hydrogen) atoms. The van der Waals surface area contributed by atoms with Crippen LogP contribution in [0.5, 0.6) is 0 Å². The summed E-state index contributed by atoms with van der Waals surface area (Å²) < 4.78 is 6.59. The van der Waals surface area contributed by atoms with Gasteiger partial charge in [0.2, 0.25) is 0 Å². The van der Waals surface area contributed by atoms with Crippen LogP contribution in [-0.2, 0) is 4.74 Å². The minimum Gasteiger partial charge on any atom is -0.394 e. The Bertz CT molecular complexity index is 439. The van der Waals surface area contributed by atoms with Crippen molar-refractivity contribution in [3.05, 3.63) is 28.2 Å². The van der Waals surface area contributed by atoms with Crippen molar-refractivity contribution in [3.8, 4) is 0 Å². The standard InChI is InChI=1S/C14H21BrN2O2/c1-9-8-19-12(7-18)6-17(9)11-3-4-13(10(2)16)14(15)5-11/h3-5,9-10,12,18H,6-8,16H2,1-2H3/t9?,10-,12?/m1/s1. The molecule has 3 N–H and O–H groups in total. The van der Waals surface area contributed by atoms with E-state index in [9.17, 15) is 5.11 Å². The zero-order valence-corrected chi connectivity index (χ0v) is 12.9. The third-order valence-electron chi connectivity index (χ3n) is 3.52. The molecule has 3 atom stereocenters. The highest BCUT2D eigenvalue weighted by molar-refractivity contribution is 9.10. The van der Waals surface area contributed by atoms with Crippen molar-refractivity contribution < 1.29 is 9.84 Å². The molecule has 0 radical (unpaired) electrons. The van der Waals surface area contributed by atoms with Crippen molar-refractivity contribution in [2.24, 2.45) is 5.73 Å². The van der Waals surface area contributed by atoms with E-state index < -0.39 is 0 Å². The molecular formula is C14H21BrN2O2. The number of morpholine rings is 1. The third-order valence-corrected chi connectivity index (χ3v) is 4.20. The first-order valence-corrected chi connectivity index (χ1v) is 7.36. The van der Waals surface area contributed by atoms with E-state index in [0.29, 0.717) is 19.2 Å². The smallest absolute Gasteiger partial charge is 0.0981 e. The van der Waals surface area contributed by atoms with Gasteiger partial charge in [0.25, 0.3) is 0 Å². The number of aliphatic hydroxyl groups excluding tert-OH is 1. The Morgan fingerprint density at radius 3 is 2.89 bits per heavy atom. The van der Waals surface area contributed by atoms with E-state index in [1.54, 1.807) is 0 Å². The van der Waals surface area contributed by atoms with Crippen LogP contribution in [0.15, 0.2) is 22.7 Å². The highest BCUT2D eigenvalue weighted by Crippen LogP contribution is 2.29. The van der Waals surface area contributed by atoms with Crippen molar-refractivity contribution in [2.45, 2.75) is 32.0 Å². The molecule has 0 bridgehead atoms. The van der Waals surface area contributed by atoms with Crippen LogP contribution in [0.2, 0.25) is 0 Å². The Balaban J connectivity index is 2.23. The second kappa shape index (κ2) is 6.22. The first-order valence-electron chi connectivity index (χ1n) is 6.57. The summed E-state index contributed by atoms with van der Waals surface area (Å²) in [7, 11) is 0. The molecule has 106 valence electrons. The summed E-state index contributed by atoms with van der Waals surface area (Å²) in [5.41, 5.74) is 8.15.